The first-order valence-corrected chi connectivity index (χ1v) is 10.2. The predicted octanol–water partition coefficient (Wildman–Crippen LogP) is 3.80. The number of imide groups is 1. The van der Waals surface area contributed by atoms with Gasteiger partial charge in [-0.2, -0.15) is 0 Å². The number of Topliss-reactive ketones (excluding diaryl/α,β-unsaturated/α-hetero) is 1. The molecule has 0 saturated carbocycles. The number of anilines is 1. The number of hydrogen-bond acceptors (Lipinski definition) is 4. The van der Waals surface area contributed by atoms with Crippen molar-refractivity contribution < 1.29 is 18.8 Å². The predicted molar refractivity (Wildman–Crippen MR) is 118 cm³/mol. The number of rotatable bonds is 6. The van der Waals surface area contributed by atoms with Gasteiger partial charge < -0.3 is 4.90 Å². The Balaban J connectivity index is 0.00000272. The molecule has 0 bridgehead atoms. The molecular formula is C23H25ClFN3O3. The summed E-state index contributed by atoms with van der Waals surface area (Å²) < 4.78 is 13.0. The Hall–Kier alpha value is -2.77. The van der Waals surface area contributed by atoms with E-state index in [-0.39, 0.29) is 35.9 Å². The summed E-state index contributed by atoms with van der Waals surface area (Å²) in [7, 11) is 0. The number of piperidine rings is 1. The smallest absolute Gasteiger partial charge is 0.303 e. The maximum Gasteiger partial charge on any atom is 0.329 e. The Bertz CT molecular complexity index is 944. The van der Waals surface area contributed by atoms with Gasteiger partial charge in [0.2, 0.25) is 0 Å². The lowest BCUT2D eigenvalue weighted by Gasteiger charge is -2.42. The van der Waals surface area contributed by atoms with Crippen LogP contribution in [0.3, 0.4) is 0 Å². The summed E-state index contributed by atoms with van der Waals surface area (Å²) in [6.45, 7) is 2.09. The third kappa shape index (κ3) is 4.62. The van der Waals surface area contributed by atoms with E-state index in [1.54, 1.807) is 4.90 Å². The number of nitrogens with zero attached hydrogens (tertiary/aromatic N) is 2. The van der Waals surface area contributed by atoms with E-state index in [1.807, 2.05) is 30.3 Å². The van der Waals surface area contributed by atoms with Gasteiger partial charge >= 0.3 is 6.03 Å². The van der Waals surface area contributed by atoms with Gasteiger partial charge in [0.05, 0.1) is 0 Å². The molecule has 3 amide bonds. The summed E-state index contributed by atoms with van der Waals surface area (Å²) in [5.41, 5.74) is 0.395. The Morgan fingerprint density at radius 3 is 2.29 bits per heavy atom. The molecule has 2 fully saturated rings. The van der Waals surface area contributed by atoms with Crippen molar-refractivity contribution in [3.05, 3.63) is 66.0 Å². The van der Waals surface area contributed by atoms with Crippen LogP contribution in [0.2, 0.25) is 0 Å². The van der Waals surface area contributed by atoms with E-state index < -0.39 is 5.54 Å². The monoisotopic (exact) mass is 445 g/mol. The molecular weight excluding hydrogens is 421 g/mol. The lowest BCUT2D eigenvalue weighted by atomic mass is 9.85. The second-order valence-electron chi connectivity index (χ2n) is 7.84. The van der Waals surface area contributed by atoms with Crippen LogP contribution >= 0.6 is 12.4 Å². The number of ketones is 1. The molecule has 2 aromatic rings. The molecule has 2 heterocycles. The number of benzene rings is 2. The third-order valence-corrected chi connectivity index (χ3v) is 6.02. The minimum atomic E-state index is -0.848. The molecule has 164 valence electrons. The average molecular weight is 446 g/mol. The first-order chi connectivity index (χ1) is 14.5. The van der Waals surface area contributed by atoms with Gasteiger partial charge in [-0.05, 0) is 62.2 Å². The van der Waals surface area contributed by atoms with E-state index in [1.165, 1.54) is 24.3 Å². The van der Waals surface area contributed by atoms with E-state index >= 15 is 0 Å². The van der Waals surface area contributed by atoms with Crippen LogP contribution in [0.5, 0.6) is 0 Å². The van der Waals surface area contributed by atoms with Gasteiger partial charge in [-0.15, -0.1) is 12.4 Å². The van der Waals surface area contributed by atoms with Gasteiger partial charge in [0.1, 0.15) is 11.4 Å². The summed E-state index contributed by atoms with van der Waals surface area (Å²) in [6.07, 6.45) is 2.18. The van der Waals surface area contributed by atoms with E-state index in [0.29, 0.717) is 44.3 Å². The first-order valence-electron chi connectivity index (χ1n) is 10.2. The van der Waals surface area contributed by atoms with Gasteiger partial charge in [0.15, 0.2) is 5.78 Å². The molecule has 0 radical (unpaired) electrons. The normalized spacial score (nSPS) is 18.0. The van der Waals surface area contributed by atoms with Crippen LogP contribution in [0, 0.1) is 5.82 Å². The van der Waals surface area contributed by atoms with E-state index in [2.05, 4.69) is 10.2 Å². The van der Waals surface area contributed by atoms with Crippen LogP contribution in [-0.2, 0) is 4.79 Å². The van der Waals surface area contributed by atoms with E-state index in [4.69, 9.17) is 0 Å². The van der Waals surface area contributed by atoms with Crippen molar-refractivity contribution in [2.45, 2.75) is 31.2 Å². The fraction of sp³-hybridized carbons (Fsp3) is 0.348. The fourth-order valence-electron chi connectivity index (χ4n) is 4.35. The Morgan fingerprint density at radius 1 is 1.00 bits per heavy atom. The van der Waals surface area contributed by atoms with Crippen molar-refractivity contribution in [2.75, 3.05) is 24.5 Å². The van der Waals surface area contributed by atoms with E-state index in [9.17, 15) is 18.8 Å². The van der Waals surface area contributed by atoms with E-state index in [0.717, 1.165) is 12.2 Å². The summed E-state index contributed by atoms with van der Waals surface area (Å²) in [5, 5.41) is 2.48. The number of urea groups is 1. The van der Waals surface area contributed by atoms with Gasteiger partial charge in [-0.25, -0.2) is 9.18 Å². The topological polar surface area (TPSA) is 69.7 Å². The number of amides is 3. The quantitative estimate of drug-likeness (QED) is 0.542. The molecule has 0 unspecified atom stereocenters. The molecule has 2 saturated heterocycles. The minimum absolute atomic E-state index is 0. The van der Waals surface area contributed by atoms with Crippen LogP contribution in [0.25, 0.3) is 0 Å². The molecule has 2 aliphatic rings. The summed E-state index contributed by atoms with van der Waals surface area (Å²) in [5.74, 6) is -0.588. The van der Waals surface area contributed by atoms with Gasteiger partial charge in [-0.1, -0.05) is 18.2 Å². The second kappa shape index (κ2) is 9.58. The molecule has 8 heteroatoms. The molecule has 4 rings (SSSR count). The Labute approximate surface area is 186 Å². The maximum atomic E-state index is 13.0. The maximum absolute atomic E-state index is 13.0. The lowest BCUT2D eigenvalue weighted by molar-refractivity contribution is -0.124. The van der Waals surface area contributed by atoms with Crippen molar-refractivity contribution in [2.24, 2.45) is 0 Å². The zero-order valence-electron chi connectivity index (χ0n) is 17.1. The highest BCUT2D eigenvalue weighted by atomic mass is 35.5. The molecule has 6 nitrogen and oxygen atoms in total. The largest absolute Gasteiger partial charge is 0.329 e. The van der Waals surface area contributed by atoms with Crippen LogP contribution in [-0.4, -0.2) is 47.8 Å². The zero-order chi connectivity index (χ0) is 21.1. The van der Waals surface area contributed by atoms with Crippen molar-refractivity contribution in [1.29, 1.82) is 0 Å². The first kappa shape index (κ1) is 22.9. The molecule has 31 heavy (non-hydrogen) atoms. The summed E-state index contributed by atoms with van der Waals surface area (Å²) >= 11 is 0. The molecule has 0 aliphatic carbocycles. The summed E-state index contributed by atoms with van der Waals surface area (Å²) in [4.78, 5) is 41.2. The highest BCUT2D eigenvalue weighted by Crippen LogP contribution is 2.37. The molecule has 1 spiro atoms. The third-order valence-electron chi connectivity index (χ3n) is 6.02. The van der Waals surface area contributed by atoms with Gasteiger partial charge in [-0.3, -0.25) is 19.8 Å². The Morgan fingerprint density at radius 2 is 1.65 bits per heavy atom. The van der Waals surface area contributed by atoms with Crippen molar-refractivity contribution in [3.63, 3.8) is 0 Å². The van der Waals surface area contributed by atoms with Crippen molar-refractivity contribution in [3.8, 4) is 0 Å². The van der Waals surface area contributed by atoms with Crippen molar-refractivity contribution >= 4 is 35.8 Å². The molecule has 2 aromatic carbocycles. The van der Waals surface area contributed by atoms with Crippen LogP contribution in [0.15, 0.2) is 54.6 Å². The number of carbonyl (C=O) groups is 3. The van der Waals surface area contributed by atoms with Crippen LogP contribution in [0.1, 0.15) is 36.0 Å². The molecule has 0 aromatic heterocycles. The summed E-state index contributed by atoms with van der Waals surface area (Å²) in [6, 6.07) is 14.5. The lowest BCUT2D eigenvalue weighted by Crippen LogP contribution is -2.56. The Kier molecular flexibility index (Phi) is 7.08. The molecule has 0 atom stereocenters. The molecule has 1 N–H and O–H groups in total. The highest BCUT2D eigenvalue weighted by Gasteiger charge is 2.54. The highest BCUT2D eigenvalue weighted by molar-refractivity contribution is 6.17. The SMILES string of the molecule is Cl.O=C(CCCN1CCC2(CC1)C(=O)NC(=O)N2c1ccccc1)c1ccc(F)cc1. The van der Waals surface area contributed by atoms with Crippen LogP contribution in [0.4, 0.5) is 14.9 Å². The number of para-hydroxylation sites is 1. The number of carbonyl (C=O) groups excluding carboxylic acids is 3. The van der Waals surface area contributed by atoms with Gasteiger partial charge in [0.25, 0.3) is 5.91 Å². The van der Waals surface area contributed by atoms with Crippen molar-refractivity contribution in [1.82, 2.24) is 10.2 Å². The number of hydrogen-bond donors (Lipinski definition) is 1. The van der Waals surface area contributed by atoms with Gasteiger partial charge in [0, 0.05) is 30.8 Å². The fourth-order valence-corrected chi connectivity index (χ4v) is 4.35. The number of nitrogens with one attached hydrogen (secondary N) is 1. The number of halogens is 2. The standard InChI is InChI=1S/C23H24FN3O3.ClH/c24-18-10-8-17(9-11-18)20(28)7-4-14-26-15-12-23(13-16-26)21(29)25-22(30)27(23)19-5-2-1-3-6-19;/h1-3,5-6,8-11H,4,7,12-16H2,(H,25,29,30);1H. The second-order valence-corrected chi connectivity index (χ2v) is 7.84. The molecule has 2 aliphatic heterocycles. The minimum Gasteiger partial charge on any atom is -0.303 e. The zero-order valence-corrected chi connectivity index (χ0v) is 17.9. The van der Waals surface area contributed by atoms with Crippen LogP contribution < -0.4 is 10.2 Å². The average Bonchev–Trinajstić information content (AvgIpc) is 2.99. The number of likely N-dealkylation sites (tertiary alicyclic amines) is 1.